The molecule has 2 aromatic carbocycles. The quantitative estimate of drug-likeness (QED) is 0.851. The van der Waals surface area contributed by atoms with Crippen molar-refractivity contribution in [3.63, 3.8) is 0 Å². The molecule has 0 radical (unpaired) electrons. The maximum Gasteiger partial charge on any atom is 0.261 e. The molecule has 1 atom stereocenters. The number of fused-ring (bicyclic) bond motifs is 1. The zero-order chi connectivity index (χ0) is 16.2. The summed E-state index contributed by atoms with van der Waals surface area (Å²) in [5.74, 6) is 0.351. The Morgan fingerprint density at radius 1 is 1.25 bits per heavy atom. The molecule has 4 nitrogen and oxygen atoms in total. The Balaban J connectivity index is 0.00000208. The van der Waals surface area contributed by atoms with Crippen molar-refractivity contribution >= 4 is 29.9 Å². The molecule has 6 heteroatoms. The summed E-state index contributed by atoms with van der Waals surface area (Å²) >= 11 is 6.04. The second kappa shape index (κ2) is 8.38. The topological polar surface area (TPSA) is 50.4 Å². The SMILES string of the molecule is CC(Oc1ccccc1Cl)C(=O)NCc1ccc2c(c1)CNC2.Cl. The normalized spacial score (nSPS) is 13.6. The first-order valence-corrected chi connectivity index (χ1v) is 8.01. The van der Waals surface area contributed by atoms with Gasteiger partial charge in [0.05, 0.1) is 5.02 Å². The summed E-state index contributed by atoms with van der Waals surface area (Å²) in [5, 5.41) is 6.71. The van der Waals surface area contributed by atoms with Crippen molar-refractivity contribution in [3.05, 3.63) is 64.2 Å². The molecule has 0 bridgehead atoms. The van der Waals surface area contributed by atoms with Gasteiger partial charge < -0.3 is 15.4 Å². The van der Waals surface area contributed by atoms with Crippen molar-refractivity contribution in [1.82, 2.24) is 10.6 Å². The summed E-state index contributed by atoms with van der Waals surface area (Å²) in [6.07, 6.45) is -0.606. The van der Waals surface area contributed by atoms with E-state index in [9.17, 15) is 4.79 Å². The third-order valence-corrected chi connectivity index (χ3v) is 4.19. The molecular formula is C18H20Cl2N2O2. The highest BCUT2D eigenvalue weighted by Crippen LogP contribution is 2.24. The highest BCUT2D eigenvalue weighted by atomic mass is 35.5. The molecule has 0 fully saturated rings. The van der Waals surface area contributed by atoms with E-state index >= 15 is 0 Å². The minimum Gasteiger partial charge on any atom is -0.479 e. The summed E-state index contributed by atoms with van der Waals surface area (Å²) in [5.41, 5.74) is 3.72. The highest BCUT2D eigenvalue weighted by molar-refractivity contribution is 6.32. The van der Waals surface area contributed by atoms with Gasteiger partial charge in [0.15, 0.2) is 6.10 Å². The van der Waals surface area contributed by atoms with Crippen molar-refractivity contribution in [2.45, 2.75) is 32.7 Å². The minimum absolute atomic E-state index is 0. The molecule has 0 saturated heterocycles. The average molecular weight is 367 g/mol. The van der Waals surface area contributed by atoms with E-state index < -0.39 is 6.10 Å². The lowest BCUT2D eigenvalue weighted by atomic mass is 10.1. The van der Waals surface area contributed by atoms with Crippen LogP contribution in [0.4, 0.5) is 0 Å². The lowest BCUT2D eigenvalue weighted by molar-refractivity contribution is -0.127. The van der Waals surface area contributed by atoms with Crippen LogP contribution in [0, 0.1) is 0 Å². The summed E-state index contributed by atoms with van der Waals surface area (Å²) < 4.78 is 5.62. The number of benzene rings is 2. The molecule has 1 aliphatic heterocycles. The number of rotatable bonds is 5. The fraction of sp³-hybridized carbons (Fsp3) is 0.278. The van der Waals surface area contributed by atoms with E-state index in [0.717, 1.165) is 18.7 Å². The van der Waals surface area contributed by atoms with Gasteiger partial charge in [-0.05, 0) is 35.7 Å². The molecule has 1 unspecified atom stereocenters. The third kappa shape index (κ3) is 4.41. The molecule has 1 heterocycles. The van der Waals surface area contributed by atoms with E-state index in [2.05, 4.69) is 22.8 Å². The number of nitrogens with one attached hydrogen (secondary N) is 2. The smallest absolute Gasteiger partial charge is 0.261 e. The number of carbonyl (C=O) groups is 1. The van der Waals surface area contributed by atoms with E-state index in [1.54, 1.807) is 19.1 Å². The van der Waals surface area contributed by atoms with Crippen LogP contribution < -0.4 is 15.4 Å². The molecule has 0 aliphatic carbocycles. The number of halogens is 2. The maximum atomic E-state index is 12.2. The van der Waals surface area contributed by atoms with Crippen LogP contribution in [0.2, 0.25) is 5.02 Å². The molecular weight excluding hydrogens is 347 g/mol. The molecule has 128 valence electrons. The number of amides is 1. The first kappa shape index (κ1) is 18.6. The largest absolute Gasteiger partial charge is 0.479 e. The van der Waals surface area contributed by atoms with Crippen LogP contribution in [0.5, 0.6) is 5.75 Å². The summed E-state index contributed by atoms with van der Waals surface area (Å²) in [4.78, 5) is 12.2. The van der Waals surface area contributed by atoms with Crippen LogP contribution in [0.1, 0.15) is 23.6 Å². The van der Waals surface area contributed by atoms with Crippen LogP contribution in [0.15, 0.2) is 42.5 Å². The summed E-state index contributed by atoms with van der Waals surface area (Å²) in [7, 11) is 0. The number of carbonyl (C=O) groups excluding carboxylic acids is 1. The molecule has 1 aliphatic rings. The molecule has 0 aromatic heterocycles. The number of hydrogen-bond donors (Lipinski definition) is 2. The fourth-order valence-corrected chi connectivity index (χ4v) is 2.76. The Labute approximate surface area is 153 Å². The van der Waals surface area contributed by atoms with Crippen molar-refractivity contribution in [2.75, 3.05) is 0 Å². The van der Waals surface area contributed by atoms with Gasteiger partial charge in [0.1, 0.15) is 5.75 Å². The Hall–Kier alpha value is -1.75. The molecule has 2 aromatic rings. The standard InChI is InChI=1S/C18H19ClN2O2.ClH/c1-12(23-17-5-3-2-4-16(17)19)18(22)21-9-13-6-7-14-10-20-11-15(14)8-13;/h2-8,12,20H,9-11H2,1H3,(H,21,22);1H. The Kier molecular flexibility index (Phi) is 6.49. The highest BCUT2D eigenvalue weighted by Gasteiger charge is 2.16. The summed E-state index contributed by atoms with van der Waals surface area (Å²) in [6, 6.07) is 13.4. The summed E-state index contributed by atoms with van der Waals surface area (Å²) in [6.45, 7) is 4.02. The van der Waals surface area contributed by atoms with Gasteiger partial charge in [0, 0.05) is 19.6 Å². The van der Waals surface area contributed by atoms with Crippen LogP contribution >= 0.6 is 24.0 Å². The maximum absolute atomic E-state index is 12.2. The Morgan fingerprint density at radius 3 is 2.79 bits per heavy atom. The van der Waals surface area contributed by atoms with Crippen LogP contribution in [-0.4, -0.2) is 12.0 Å². The van der Waals surface area contributed by atoms with Gasteiger partial charge >= 0.3 is 0 Å². The van der Waals surface area contributed by atoms with Crippen molar-refractivity contribution in [2.24, 2.45) is 0 Å². The first-order valence-electron chi connectivity index (χ1n) is 7.64. The molecule has 3 rings (SSSR count). The number of ether oxygens (including phenoxy) is 1. The van der Waals surface area contributed by atoms with Gasteiger partial charge in [0.2, 0.25) is 0 Å². The second-order valence-electron chi connectivity index (χ2n) is 5.61. The Morgan fingerprint density at radius 2 is 2.00 bits per heavy atom. The molecule has 2 N–H and O–H groups in total. The van der Waals surface area contributed by atoms with E-state index in [0.29, 0.717) is 17.3 Å². The number of hydrogen-bond acceptors (Lipinski definition) is 3. The van der Waals surface area contributed by atoms with Crippen LogP contribution in [-0.2, 0) is 24.4 Å². The van der Waals surface area contributed by atoms with Crippen molar-refractivity contribution in [3.8, 4) is 5.75 Å². The molecule has 0 saturated carbocycles. The van der Waals surface area contributed by atoms with Gasteiger partial charge in [-0.1, -0.05) is 41.9 Å². The third-order valence-electron chi connectivity index (χ3n) is 3.88. The predicted molar refractivity (Wildman–Crippen MR) is 97.6 cm³/mol. The van der Waals surface area contributed by atoms with Crippen LogP contribution in [0.25, 0.3) is 0 Å². The van der Waals surface area contributed by atoms with Gasteiger partial charge in [0.25, 0.3) is 5.91 Å². The van der Waals surface area contributed by atoms with Gasteiger partial charge in [-0.3, -0.25) is 4.79 Å². The fourth-order valence-electron chi connectivity index (χ4n) is 2.58. The zero-order valence-electron chi connectivity index (χ0n) is 13.3. The van der Waals surface area contributed by atoms with Gasteiger partial charge in [-0.15, -0.1) is 12.4 Å². The predicted octanol–water partition coefficient (Wildman–Crippen LogP) is 3.45. The minimum atomic E-state index is -0.606. The molecule has 0 spiro atoms. The van der Waals surface area contributed by atoms with E-state index in [4.69, 9.17) is 16.3 Å². The Bertz CT molecular complexity index is 722. The van der Waals surface area contributed by atoms with Crippen molar-refractivity contribution < 1.29 is 9.53 Å². The zero-order valence-corrected chi connectivity index (χ0v) is 14.9. The molecule has 1 amide bonds. The average Bonchev–Trinajstić information content (AvgIpc) is 3.02. The number of para-hydroxylation sites is 1. The second-order valence-corrected chi connectivity index (χ2v) is 6.02. The van der Waals surface area contributed by atoms with Gasteiger partial charge in [-0.25, -0.2) is 0 Å². The molecule has 24 heavy (non-hydrogen) atoms. The lowest BCUT2D eigenvalue weighted by Crippen LogP contribution is -2.36. The van der Waals surface area contributed by atoms with E-state index in [-0.39, 0.29) is 18.3 Å². The van der Waals surface area contributed by atoms with E-state index in [1.165, 1.54) is 11.1 Å². The van der Waals surface area contributed by atoms with Crippen molar-refractivity contribution in [1.29, 1.82) is 0 Å². The monoisotopic (exact) mass is 366 g/mol. The lowest BCUT2D eigenvalue weighted by Gasteiger charge is -2.15. The van der Waals surface area contributed by atoms with E-state index in [1.807, 2.05) is 18.2 Å². The first-order chi connectivity index (χ1) is 11.1. The van der Waals surface area contributed by atoms with Gasteiger partial charge in [-0.2, -0.15) is 0 Å². The van der Waals surface area contributed by atoms with Crippen LogP contribution in [0.3, 0.4) is 0 Å².